The molecule has 0 aliphatic heterocycles. The van der Waals surface area contributed by atoms with Crippen LogP contribution in [0, 0.1) is 12.7 Å². The van der Waals surface area contributed by atoms with Crippen molar-refractivity contribution in [2.45, 2.75) is 13.1 Å². The second kappa shape index (κ2) is 5.67. The lowest BCUT2D eigenvalue weighted by Gasteiger charge is -2.09. The fourth-order valence-electron chi connectivity index (χ4n) is 2.49. The third kappa shape index (κ3) is 2.97. The largest absolute Gasteiger partial charge is 0.416 e. The molecule has 1 aromatic heterocycles. The molecule has 0 bridgehead atoms. The van der Waals surface area contributed by atoms with Crippen LogP contribution in [0.3, 0.4) is 0 Å². The number of aromatic amines is 1. The summed E-state index contributed by atoms with van der Waals surface area (Å²) in [5, 5.41) is 2.97. The normalized spacial score (nSPS) is 11.7. The van der Waals surface area contributed by atoms with Crippen LogP contribution in [0.5, 0.6) is 0 Å². The molecule has 0 saturated carbocycles. The predicted octanol–water partition coefficient (Wildman–Crippen LogP) is 4.89. The van der Waals surface area contributed by atoms with E-state index in [1.165, 1.54) is 30.3 Å². The van der Waals surface area contributed by atoms with Gasteiger partial charge in [0.05, 0.1) is 5.56 Å². The van der Waals surface area contributed by atoms with Crippen molar-refractivity contribution < 1.29 is 22.4 Å². The molecule has 1 heterocycles. The van der Waals surface area contributed by atoms with Crippen LogP contribution in [0.2, 0.25) is 0 Å². The standard InChI is InChI=1S/C17H12F4N2O/c1-9-13-8-11(18)5-6-14(13)23-15(9)16(24)22-12-4-2-3-10(7-12)17(19,20)21/h2-8,23H,1H3,(H,22,24). The molecular formula is C17H12F4N2O. The highest BCUT2D eigenvalue weighted by atomic mass is 19.4. The first-order valence-electron chi connectivity index (χ1n) is 7.02. The van der Waals surface area contributed by atoms with Gasteiger partial charge in [-0.05, 0) is 48.9 Å². The summed E-state index contributed by atoms with van der Waals surface area (Å²) in [6, 6.07) is 8.41. The maximum Gasteiger partial charge on any atom is 0.416 e. The molecule has 0 unspecified atom stereocenters. The van der Waals surface area contributed by atoms with Gasteiger partial charge in [-0.2, -0.15) is 13.2 Å². The molecule has 3 rings (SSSR count). The van der Waals surface area contributed by atoms with Crippen molar-refractivity contribution in [3.05, 3.63) is 65.1 Å². The number of rotatable bonds is 2. The molecular weight excluding hydrogens is 324 g/mol. The average Bonchev–Trinajstić information content (AvgIpc) is 2.84. The Bertz CT molecular complexity index is 928. The Labute approximate surface area is 134 Å². The summed E-state index contributed by atoms with van der Waals surface area (Å²) in [7, 11) is 0. The Morgan fingerprint density at radius 1 is 1.12 bits per heavy atom. The summed E-state index contributed by atoms with van der Waals surface area (Å²) in [5.74, 6) is -1.03. The summed E-state index contributed by atoms with van der Waals surface area (Å²) < 4.78 is 51.5. The third-order valence-electron chi connectivity index (χ3n) is 3.70. The van der Waals surface area contributed by atoms with Gasteiger partial charge in [-0.15, -0.1) is 0 Å². The number of benzene rings is 2. The van der Waals surface area contributed by atoms with Crippen molar-refractivity contribution in [1.82, 2.24) is 4.98 Å². The predicted molar refractivity (Wildman–Crippen MR) is 82.4 cm³/mol. The highest BCUT2D eigenvalue weighted by Crippen LogP contribution is 2.31. The van der Waals surface area contributed by atoms with Crippen molar-refractivity contribution in [1.29, 1.82) is 0 Å². The van der Waals surface area contributed by atoms with Gasteiger partial charge in [0.1, 0.15) is 11.5 Å². The zero-order valence-electron chi connectivity index (χ0n) is 12.5. The van der Waals surface area contributed by atoms with Crippen molar-refractivity contribution in [2.24, 2.45) is 0 Å². The van der Waals surface area contributed by atoms with Crippen LogP contribution in [-0.4, -0.2) is 10.9 Å². The molecule has 7 heteroatoms. The number of hydrogen-bond acceptors (Lipinski definition) is 1. The first kappa shape index (κ1) is 16.0. The van der Waals surface area contributed by atoms with E-state index in [0.29, 0.717) is 16.5 Å². The lowest BCUT2D eigenvalue weighted by atomic mass is 10.1. The van der Waals surface area contributed by atoms with Gasteiger partial charge in [0.25, 0.3) is 5.91 Å². The van der Waals surface area contributed by atoms with E-state index >= 15 is 0 Å². The van der Waals surface area contributed by atoms with Crippen molar-refractivity contribution in [2.75, 3.05) is 5.32 Å². The SMILES string of the molecule is Cc1c(C(=O)Nc2cccc(C(F)(F)F)c2)[nH]c2ccc(F)cc12. The summed E-state index contributed by atoms with van der Waals surface area (Å²) >= 11 is 0. The topological polar surface area (TPSA) is 44.9 Å². The molecule has 24 heavy (non-hydrogen) atoms. The Morgan fingerprint density at radius 3 is 2.58 bits per heavy atom. The minimum Gasteiger partial charge on any atom is -0.350 e. The van der Waals surface area contributed by atoms with E-state index in [9.17, 15) is 22.4 Å². The Morgan fingerprint density at radius 2 is 1.88 bits per heavy atom. The number of nitrogens with one attached hydrogen (secondary N) is 2. The molecule has 0 aliphatic rings. The van der Waals surface area contributed by atoms with E-state index in [-0.39, 0.29) is 11.4 Å². The van der Waals surface area contributed by atoms with Gasteiger partial charge in [-0.3, -0.25) is 4.79 Å². The van der Waals surface area contributed by atoms with Crippen LogP contribution >= 0.6 is 0 Å². The number of aryl methyl sites for hydroxylation is 1. The molecule has 0 aliphatic carbocycles. The number of carbonyl (C=O) groups is 1. The minimum absolute atomic E-state index is 0.0269. The molecule has 0 saturated heterocycles. The van der Waals surface area contributed by atoms with Crippen LogP contribution in [0.15, 0.2) is 42.5 Å². The molecule has 124 valence electrons. The molecule has 0 spiro atoms. The van der Waals surface area contributed by atoms with Gasteiger partial charge in [0.15, 0.2) is 0 Å². The lowest BCUT2D eigenvalue weighted by Crippen LogP contribution is -2.14. The molecule has 0 fully saturated rings. The van der Waals surface area contributed by atoms with E-state index in [0.717, 1.165) is 12.1 Å². The first-order valence-corrected chi connectivity index (χ1v) is 7.02. The number of aromatic nitrogens is 1. The molecule has 2 N–H and O–H groups in total. The molecule has 2 aromatic carbocycles. The van der Waals surface area contributed by atoms with E-state index < -0.39 is 23.5 Å². The minimum atomic E-state index is -4.49. The number of anilines is 1. The second-order valence-corrected chi connectivity index (χ2v) is 5.35. The maximum absolute atomic E-state index is 13.3. The van der Waals surface area contributed by atoms with Gasteiger partial charge >= 0.3 is 6.18 Å². The molecule has 0 atom stereocenters. The molecule has 1 amide bonds. The zero-order valence-corrected chi connectivity index (χ0v) is 12.5. The number of fused-ring (bicyclic) bond motifs is 1. The quantitative estimate of drug-likeness (QED) is 0.643. The highest BCUT2D eigenvalue weighted by molar-refractivity contribution is 6.07. The summed E-state index contributed by atoms with van der Waals surface area (Å²) in [4.78, 5) is 15.2. The van der Waals surface area contributed by atoms with E-state index in [2.05, 4.69) is 10.3 Å². The zero-order chi connectivity index (χ0) is 17.5. The van der Waals surface area contributed by atoms with Crippen LogP contribution < -0.4 is 5.32 Å². The monoisotopic (exact) mass is 336 g/mol. The van der Waals surface area contributed by atoms with Crippen LogP contribution in [0.4, 0.5) is 23.2 Å². The van der Waals surface area contributed by atoms with Crippen LogP contribution in [-0.2, 0) is 6.18 Å². The Hall–Kier alpha value is -2.83. The molecule has 3 nitrogen and oxygen atoms in total. The summed E-state index contributed by atoms with van der Waals surface area (Å²) in [6.45, 7) is 1.64. The lowest BCUT2D eigenvalue weighted by molar-refractivity contribution is -0.137. The Balaban J connectivity index is 1.92. The fourth-order valence-corrected chi connectivity index (χ4v) is 2.49. The van der Waals surface area contributed by atoms with Crippen LogP contribution in [0.1, 0.15) is 21.6 Å². The Kier molecular flexibility index (Phi) is 3.79. The van der Waals surface area contributed by atoms with Gasteiger partial charge in [-0.1, -0.05) is 6.07 Å². The van der Waals surface area contributed by atoms with E-state index in [1.54, 1.807) is 6.92 Å². The number of amides is 1. The van der Waals surface area contributed by atoms with Gasteiger partial charge in [-0.25, -0.2) is 4.39 Å². The second-order valence-electron chi connectivity index (χ2n) is 5.35. The van der Waals surface area contributed by atoms with Crippen molar-refractivity contribution >= 4 is 22.5 Å². The van der Waals surface area contributed by atoms with Gasteiger partial charge in [0.2, 0.25) is 0 Å². The molecule has 0 radical (unpaired) electrons. The number of hydrogen-bond donors (Lipinski definition) is 2. The smallest absolute Gasteiger partial charge is 0.350 e. The number of alkyl halides is 3. The highest BCUT2D eigenvalue weighted by Gasteiger charge is 2.30. The van der Waals surface area contributed by atoms with E-state index in [1.807, 2.05) is 0 Å². The van der Waals surface area contributed by atoms with Crippen molar-refractivity contribution in [3.8, 4) is 0 Å². The van der Waals surface area contributed by atoms with Gasteiger partial charge in [0, 0.05) is 16.6 Å². The fraction of sp³-hybridized carbons (Fsp3) is 0.118. The number of halogens is 4. The van der Waals surface area contributed by atoms with Gasteiger partial charge < -0.3 is 10.3 Å². The van der Waals surface area contributed by atoms with Crippen LogP contribution in [0.25, 0.3) is 10.9 Å². The van der Waals surface area contributed by atoms with Crippen molar-refractivity contribution in [3.63, 3.8) is 0 Å². The first-order chi connectivity index (χ1) is 11.3. The summed E-state index contributed by atoms with van der Waals surface area (Å²) in [6.07, 6.45) is -4.49. The number of carbonyl (C=O) groups excluding carboxylic acids is 1. The number of H-pyrrole nitrogens is 1. The maximum atomic E-state index is 13.3. The molecule has 3 aromatic rings. The average molecular weight is 336 g/mol. The third-order valence-corrected chi connectivity index (χ3v) is 3.70. The summed E-state index contributed by atoms with van der Waals surface area (Å²) in [5.41, 5.74) is 0.444. The van der Waals surface area contributed by atoms with E-state index in [4.69, 9.17) is 0 Å².